The Bertz CT molecular complexity index is 528. The third-order valence-electron chi connectivity index (χ3n) is 3.08. The van der Waals surface area contributed by atoms with Crippen LogP contribution >= 0.6 is 0 Å². The van der Waals surface area contributed by atoms with Gasteiger partial charge in [0.2, 0.25) is 0 Å². The van der Waals surface area contributed by atoms with Gasteiger partial charge in [0.1, 0.15) is 0 Å². The highest BCUT2D eigenvalue weighted by Gasteiger charge is 2.37. The zero-order valence-electron chi connectivity index (χ0n) is 10.2. The van der Waals surface area contributed by atoms with Gasteiger partial charge < -0.3 is 4.90 Å². The third kappa shape index (κ3) is 2.09. The molecule has 1 heterocycles. The van der Waals surface area contributed by atoms with Crippen molar-refractivity contribution in [3.63, 3.8) is 0 Å². The van der Waals surface area contributed by atoms with Gasteiger partial charge in [0, 0.05) is 18.8 Å². The summed E-state index contributed by atoms with van der Waals surface area (Å²) in [5, 5.41) is 0. The molecule has 1 aliphatic heterocycles. The molecular formula is C13H17NO2S. The fourth-order valence-corrected chi connectivity index (χ4v) is 3.83. The minimum Gasteiger partial charge on any atom is -0.373 e. The highest BCUT2D eigenvalue weighted by Crippen LogP contribution is 2.37. The van der Waals surface area contributed by atoms with Crippen LogP contribution in [0.3, 0.4) is 0 Å². The zero-order chi connectivity index (χ0) is 12.5. The van der Waals surface area contributed by atoms with Gasteiger partial charge in [-0.15, -0.1) is 0 Å². The molecule has 2 rings (SSSR count). The zero-order valence-corrected chi connectivity index (χ0v) is 11.0. The van der Waals surface area contributed by atoms with Crippen LogP contribution < -0.4 is 0 Å². The predicted molar refractivity (Wildman–Crippen MR) is 70.1 cm³/mol. The molecule has 0 aromatic heterocycles. The van der Waals surface area contributed by atoms with Gasteiger partial charge in [-0.2, -0.15) is 0 Å². The number of sulfone groups is 1. The Morgan fingerprint density at radius 2 is 1.71 bits per heavy atom. The lowest BCUT2D eigenvalue weighted by molar-refractivity contribution is 0.382. The van der Waals surface area contributed by atoms with E-state index in [9.17, 15) is 8.42 Å². The lowest BCUT2D eigenvalue weighted by atomic mass is 10.1. The van der Waals surface area contributed by atoms with Crippen molar-refractivity contribution < 1.29 is 8.42 Å². The molecule has 0 fully saturated rings. The van der Waals surface area contributed by atoms with E-state index in [4.69, 9.17) is 0 Å². The van der Waals surface area contributed by atoms with Gasteiger partial charge in [-0.05, 0) is 19.4 Å². The molecule has 0 aliphatic carbocycles. The van der Waals surface area contributed by atoms with E-state index in [1.165, 1.54) is 0 Å². The summed E-state index contributed by atoms with van der Waals surface area (Å²) in [6.45, 7) is 5.78. The van der Waals surface area contributed by atoms with E-state index >= 15 is 0 Å². The van der Waals surface area contributed by atoms with E-state index in [2.05, 4.69) is 4.90 Å². The molecule has 0 saturated carbocycles. The second-order valence-electron chi connectivity index (χ2n) is 4.07. The van der Waals surface area contributed by atoms with Crippen LogP contribution in [-0.2, 0) is 9.84 Å². The molecule has 92 valence electrons. The SMILES string of the molecule is CCN(CC)C1=C(c2ccccc2)S(=O)(=O)C1. The minimum atomic E-state index is -3.05. The van der Waals surface area contributed by atoms with E-state index in [0.29, 0.717) is 4.91 Å². The van der Waals surface area contributed by atoms with Gasteiger partial charge in [0.25, 0.3) is 0 Å². The molecule has 0 spiro atoms. The van der Waals surface area contributed by atoms with Crippen LogP contribution in [0.2, 0.25) is 0 Å². The summed E-state index contributed by atoms with van der Waals surface area (Å²) in [6.07, 6.45) is 0. The summed E-state index contributed by atoms with van der Waals surface area (Å²) in [4.78, 5) is 2.63. The largest absolute Gasteiger partial charge is 0.373 e. The molecule has 17 heavy (non-hydrogen) atoms. The Morgan fingerprint density at radius 3 is 2.18 bits per heavy atom. The Morgan fingerprint density at radius 1 is 1.12 bits per heavy atom. The standard InChI is InChI=1S/C13H17NO2S/c1-3-14(4-2)12-10-17(15,16)13(12)11-8-6-5-7-9-11/h5-9H,3-4,10H2,1-2H3. The van der Waals surface area contributed by atoms with Crippen LogP contribution in [0.4, 0.5) is 0 Å². The summed E-state index contributed by atoms with van der Waals surface area (Å²) < 4.78 is 23.8. The molecule has 0 radical (unpaired) electrons. The van der Waals surface area contributed by atoms with Crippen LogP contribution in [0.1, 0.15) is 19.4 Å². The monoisotopic (exact) mass is 251 g/mol. The topological polar surface area (TPSA) is 37.4 Å². The van der Waals surface area contributed by atoms with E-state index < -0.39 is 9.84 Å². The van der Waals surface area contributed by atoms with E-state index in [0.717, 1.165) is 24.4 Å². The van der Waals surface area contributed by atoms with Gasteiger partial charge in [0.15, 0.2) is 9.84 Å². The van der Waals surface area contributed by atoms with Crippen molar-refractivity contribution in [3.05, 3.63) is 41.6 Å². The highest BCUT2D eigenvalue weighted by molar-refractivity contribution is 8.02. The Kier molecular flexibility index (Phi) is 3.24. The average Bonchev–Trinajstić information content (AvgIpc) is 2.30. The van der Waals surface area contributed by atoms with Crippen LogP contribution in [0, 0.1) is 0 Å². The summed E-state index contributed by atoms with van der Waals surface area (Å²) in [6, 6.07) is 9.35. The quantitative estimate of drug-likeness (QED) is 0.822. The molecule has 0 unspecified atom stereocenters. The van der Waals surface area contributed by atoms with Crippen molar-refractivity contribution >= 4 is 14.7 Å². The van der Waals surface area contributed by atoms with Crippen molar-refractivity contribution in [1.29, 1.82) is 0 Å². The molecule has 0 bridgehead atoms. The first-order valence-corrected chi connectivity index (χ1v) is 7.51. The maximum Gasteiger partial charge on any atom is 0.186 e. The smallest absolute Gasteiger partial charge is 0.186 e. The third-order valence-corrected chi connectivity index (χ3v) is 4.83. The maximum absolute atomic E-state index is 11.9. The van der Waals surface area contributed by atoms with Crippen LogP contribution in [0.15, 0.2) is 36.0 Å². The first-order valence-electron chi connectivity index (χ1n) is 5.86. The van der Waals surface area contributed by atoms with Crippen LogP contribution in [0.25, 0.3) is 4.91 Å². The summed E-state index contributed by atoms with van der Waals surface area (Å²) in [5.41, 5.74) is 1.77. The number of benzene rings is 1. The predicted octanol–water partition coefficient (Wildman–Crippen LogP) is 2.13. The number of nitrogens with zero attached hydrogens (tertiary/aromatic N) is 1. The van der Waals surface area contributed by atoms with Crippen molar-refractivity contribution in [2.24, 2.45) is 0 Å². The Balaban J connectivity index is 2.50. The number of rotatable bonds is 4. The Labute approximate surface area is 103 Å². The minimum absolute atomic E-state index is 0.179. The van der Waals surface area contributed by atoms with Gasteiger partial charge >= 0.3 is 0 Å². The molecule has 1 aromatic carbocycles. The molecular weight excluding hydrogens is 234 g/mol. The number of hydrogen-bond donors (Lipinski definition) is 0. The summed E-state index contributed by atoms with van der Waals surface area (Å²) in [5.74, 6) is 0.179. The van der Waals surface area contributed by atoms with Gasteiger partial charge in [0.05, 0.1) is 10.7 Å². The van der Waals surface area contributed by atoms with Crippen molar-refractivity contribution in [2.75, 3.05) is 18.8 Å². The molecule has 1 aromatic rings. The first-order chi connectivity index (χ1) is 8.10. The van der Waals surface area contributed by atoms with E-state index in [-0.39, 0.29) is 5.75 Å². The van der Waals surface area contributed by atoms with Crippen molar-refractivity contribution in [3.8, 4) is 0 Å². The van der Waals surface area contributed by atoms with Crippen LogP contribution in [-0.4, -0.2) is 32.2 Å². The molecule has 0 amide bonds. The normalized spacial score (nSPS) is 17.8. The second-order valence-corrected chi connectivity index (χ2v) is 6.00. The lowest BCUT2D eigenvalue weighted by Gasteiger charge is -2.33. The maximum atomic E-state index is 11.9. The second kappa shape index (κ2) is 4.53. The number of hydrogen-bond acceptors (Lipinski definition) is 3. The van der Waals surface area contributed by atoms with E-state index in [1.54, 1.807) is 0 Å². The molecule has 3 nitrogen and oxygen atoms in total. The van der Waals surface area contributed by atoms with Gasteiger partial charge in [-0.1, -0.05) is 30.3 Å². The van der Waals surface area contributed by atoms with Crippen molar-refractivity contribution in [1.82, 2.24) is 4.90 Å². The molecule has 0 saturated heterocycles. The highest BCUT2D eigenvalue weighted by atomic mass is 32.2. The molecule has 0 atom stereocenters. The molecule has 4 heteroatoms. The first kappa shape index (κ1) is 12.2. The molecule has 1 aliphatic rings. The average molecular weight is 251 g/mol. The molecule has 0 N–H and O–H groups in total. The van der Waals surface area contributed by atoms with Crippen LogP contribution in [0.5, 0.6) is 0 Å². The lowest BCUT2D eigenvalue weighted by Crippen LogP contribution is -2.36. The fourth-order valence-electron chi connectivity index (χ4n) is 2.19. The summed E-state index contributed by atoms with van der Waals surface area (Å²) >= 11 is 0. The van der Waals surface area contributed by atoms with Gasteiger partial charge in [-0.3, -0.25) is 0 Å². The fraction of sp³-hybridized carbons (Fsp3) is 0.385. The summed E-state index contributed by atoms with van der Waals surface area (Å²) in [7, 11) is -3.05. The van der Waals surface area contributed by atoms with E-state index in [1.807, 2.05) is 44.2 Å². The van der Waals surface area contributed by atoms with Crippen molar-refractivity contribution in [2.45, 2.75) is 13.8 Å². The Hall–Kier alpha value is -1.29. The van der Waals surface area contributed by atoms with Gasteiger partial charge in [-0.25, -0.2) is 8.42 Å².